The van der Waals surface area contributed by atoms with Gasteiger partial charge in [0.15, 0.2) is 0 Å². The Kier molecular flexibility index (Phi) is 4.93. The number of nitrogens with one attached hydrogen (secondary N) is 2. The van der Waals surface area contributed by atoms with Crippen LogP contribution in [0.2, 0.25) is 0 Å². The van der Waals surface area contributed by atoms with Gasteiger partial charge in [-0.3, -0.25) is 0 Å². The maximum atomic E-state index is 12.1. The predicted octanol–water partition coefficient (Wildman–Crippen LogP) is 4.14. The van der Waals surface area contributed by atoms with Crippen molar-refractivity contribution >= 4 is 6.03 Å². The van der Waals surface area contributed by atoms with E-state index in [1.807, 2.05) is 0 Å². The van der Waals surface area contributed by atoms with Crippen LogP contribution in [-0.2, 0) is 6.54 Å². The molecule has 0 radical (unpaired) electrons. The molecule has 0 spiro atoms. The zero-order valence-electron chi connectivity index (χ0n) is 14.9. The maximum Gasteiger partial charge on any atom is 0.315 e. The number of urea groups is 1. The van der Waals surface area contributed by atoms with Gasteiger partial charge in [0.1, 0.15) is 0 Å². The number of aromatic nitrogens is 1. The molecule has 2 N–H and O–H groups in total. The van der Waals surface area contributed by atoms with Crippen molar-refractivity contribution in [2.24, 2.45) is 0 Å². The summed E-state index contributed by atoms with van der Waals surface area (Å²) in [6, 6.07) is 10.9. The molecule has 0 bridgehead atoms. The van der Waals surface area contributed by atoms with Gasteiger partial charge in [-0.1, -0.05) is 25.0 Å². The Bertz CT molecular complexity index is 726. The van der Waals surface area contributed by atoms with Crippen molar-refractivity contribution in [1.29, 1.82) is 0 Å². The SMILES string of the molecule is Cc1cccc(-n2c(C)cc(CNC(=O)NC3CCCC3)c2C)c1. The van der Waals surface area contributed by atoms with Gasteiger partial charge >= 0.3 is 6.03 Å². The monoisotopic (exact) mass is 325 g/mol. The lowest BCUT2D eigenvalue weighted by atomic mass is 10.2. The van der Waals surface area contributed by atoms with Gasteiger partial charge in [0.2, 0.25) is 0 Å². The Balaban J connectivity index is 1.68. The van der Waals surface area contributed by atoms with E-state index in [0.717, 1.165) is 18.4 Å². The fraction of sp³-hybridized carbons (Fsp3) is 0.450. The third-order valence-electron chi connectivity index (χ3n) is 4.93. The lowest BCUT2D eigenvalue weighted by molar-refractivity contribution is 0.236. The number of amides is 2. The third kappa shape index (κ3) is 3.64. The Morgan fingerprint density at radius 1 is 1.17 bits per heavy atom. The number of benzene rings is 1. The first-order valence-electron chi connectivity index (χ1n) is 8.84. The lowest BCUT2D eigenvalue weighted by Crippen LogP contribution is -2.40. The molecular weight excluding hydrogens is 298 g/mol. The van der Waals surface area contributed by atoms with Gasteiger partial charge in [-0.25, -0.2) is 4.79 Å². The zero-order valence-corrected chi connectivity index (χ0v) is 14.9. The molecule has 24 heavy (non-hydrogen) atoms. The highest BCUT2D eigenvalue weighted by Crippen LogP contribution is 2.21. The molecule has 4 heteroatoms. The number of aryl methyl sites for hydroxylation is 2. The summed E-state index contributed by atoms with van der Waals surface area (Å²) in [5.41, 5.74) is 5.95. The van der Waals surface area contributed by atoms with E-state index in [2.05, 4.69) is 66.3 Å². The van der Waals surface area contributed by atoms with E-state index in [1.54, 1.807) is 0 Å². The Morgan fingerprint density at radius 3 is 2.62 bits per heavy atom. The van der Waals surface area contributed by atoms with Crippen molar-refractivity contribution in [3.8, 4) is 5.69 Å². The summed E-state index contributed by atoms with van der Waals surface area (Å²) in [6.45, 7) is 6.89. The van der Waals surface area contributed by atoms with Crippen LogP contribution in [0.3, 0.4) is 0 Å². The van der Waals surface area contributed by atoms with Gasteiger partial charge in [-0.05, 0) is 62.9 Å². The molecule has 1 heterocycles. The molecule has 2 aromatic rings. The van der Waals surface area contributed by atoms with Crippen LogP contribution in [0.15, 0.2) is 30.3 Å². The van der Waals surface area contributed by atoms with Gasteiger partial charge in [0.25, 0.3) is 0 Å². The number of carbonyl (C=O) groups excluding carboxylic acids is 1. The summed E-state index contributed by atoms with van der Waals surface area (Å²) in [7, 11) is 0. The number of carbonyl (C=O) groups is 1. The predicted molar refractivity (Wildman–Crippen MR) is 97.6 cm³/mol. The molecule has 1 aliphatic carbocycles. The molecule has 0 saturated heterocycles. The van der Waals surface area contributed by atoms with Crippen LogP contribution in [0.4, 0.5) is 4.79 Å². The summed E-state index contributed by atoms with van der Waals surface area (Å²) >= 11 is 0. The van der Waals surface area contributed by atoms with Crippen LogP contribution in [0.1, 0.15) is 48.2 Å². The molecule has 0 unspecified atom stereocenters. The Morgan fingerprint density at radius 2 is 1.92 bits per heavy atom. The van der Waals surface area contributed by atoms with Crippen LogP contribution in [0.5, 0.6) is 0 Å². The number of hydrogen-bond donors (Lipinski definition) is 2. The molecule has 2 amide bonds. The topological polar surface area (TPSA) is 46.1 Å². The van der Waals surface area contributed by atoms with E-state index in [9.17, 15) is 4.79 Å². The third-order valence-corrected chi connectivity index (χ3v) is 4.93. The highest BCUT2D eigenvalue weighted by molar-refractivity contribution is 5.74. The summed E-state index contributed by atoms with van der Waals surface area (Å²) < 4.78 is 2.25. The summed E-state index contributed by atoms with van der Waals surface area (Å²) in [6.07, 6.45) is 4.66. The quantitative estimate of drug-likeness (QED) is 0.872. The molecule has 1 fully saturated rings. The summed E-state index contributed by atoms with van der Waals surface area (Å²) in [5.74, 6) is 0. The van der Waals surface area contributed by atoms with Crippen molar-refractivity contribution in [2.75, 3.05) is 0 Å². The lowest BCUT2D eigenvalue weighted by Gasteiger charge is -2.13. The largest absolute Gasteiger partial charge is 0.335 e. The van der Waals surface area contributed by atoms with E-state index in [0.29, 0.717) is 12.6 Å². The fourth-order valence-corrected chi connectivity index (χ4v) is 3.65. The Hall–Kier alpha value is -2.23. The standard InChI is InChI=1S/C20H27N3O/c1-14-7-6-10-19(11-14)23-15(2)12-17(16(23)3)13-21-20(24)22-18-8-4-5-9-18/h6-7,10-12,18H,4-5,8-9,13H2,1-3H3,(H2,21,22,24). The minimum atomic E-state index is -0.0535. The zero-order chi connectivity index (χ0) is 17.1. The van der Waals surface area contributed by atoms with E-state index < -0.39 is 0 Å². The molecule has 0 aliphatic heterocycles. The van der Waals surface area contributed by atoms with E-state index in [-0.39, 0.29) is 6.03 Å². The Labute approximate surface area is 144 Å². The minimum absolute atomic E-state index is 0.0535. The second-order valence-electron chi connectivity index (χ2n) is 6.88. The van der Waals surface area contributed by atoms with Gasteiger partial charge in [-0.15, -0.1) is 0 Å². The maximum absolute atomic E-state index is 12.1. The van der Waals surface area contributed by atoms with E-state index in [4.69, 9.17) is 0 Å². The second-order valence-corrected chi connectivity index (χ2v) is 6.88. The van der Waals surface area contributed by atoms with Gasteiger partial charge < -0.3 is 15.2 Å². The van der Waals surface area contributed by atoms with Crippen LogP contribution in [-0.4, -0.2) is 16.6 Å². The molecule has 128 valence electrons. The van der Waals surface area contributed by atoms with Crippen LogP contribution >= 0.6 is 0 Å². The van der Waals surface area contributed by atoms with Crippen molar-refractivity contribution in [2.45, 2.75) is 59.0 Å². The smallest absolute Gasteiger partial charge is 0.315 e. The van der Waals surface area contributed by atoms with Gasteiger partial charge in [0.05, 0.1) is 0 Å². The normalized spacial score (nSPS) is 14.8. The minimum Gasteiger partial charge on any atom is -0.335 e. The number of nitrogens with zero attached hydrogens (tertiary/aromatic N) is 1. The van der Waals surface area contributed by atoms with Gasteiger partial charge in [0, 0.05) is 29.7 Å². The van der Waals surface area contributed by atoms with Crippen LogP contribution in [0, 0.1) is 20.8 Å². The first-order chi connectivity index (χ1) is 11.5. The van der Waals surface area contributed by atoms with Crippen molar-refractivity contribution in [1.82, 2.24) is 15.2 Å². The molecular formula is C20H27N3O. The fourth-order valence-electron chi connectivity index (χ4n) is 3.65. The van der Waals surface area contributed by atoms with E-state index >= 15 is 0 Å². The van der Waals surface area contributed by atoms with Gasteiger partial charge in [-0.2, -0.15) is 0 Å². The second kappa shape index (κ2) is 7.12. The molecule has 1 aromatic heterocycles. The van der Waals surface area contributed by atoms with Crippen molar-refractivity contribution in [3.63, 3.8) is 0 Å². The summed E-state index contributed by atoms with van der Waals surface area (Å²) in [5, 5.41) is 6.08. The molecule has 3 rings (SSSR count). The number of hydrogen-bond acceptors (Lipinski definition) is 1. The molecule has 1 aliphatic rings. The first-order valence-corrected chi connectivity index (χ1v) is 8.84. The average molecular weight is 325 g/mol. The van der Waals surface area contributed by atoms with E-state index in [1.165, 1.54) is 35.5 Å². The van der Waals surface area contributed by atoms with Crippen LogP contribution in [0.25, 0.3) is 5.69 Å². The van der Waals surface area contributed by atoms with Crippen molar-refractivity contribution in [3.05, 3.63) is 52.8 Å². The highest BCUT2D eigenvalue weighted by atomic mass is 16.2. The first kappa shape index (κ1) is 16.6. The molecule has 0 atom stereocenters. The number of rotatable bonds is 4. The van der Waals surface area contributed by atoms with Crippen molar-refractivity contribution < 1.29 is 4.79 Å². The molecule has 1 saturated carbocycles. The summed E-state index contributed by atoms with van der Waals surface area (Å²) in [4.78, 5) is 12.1. The van der Waals surface area contributed by atoms with Crippen LogP contribution < -0.4 is 10.6 Å². The molecule has 1 aromatic carbocycles. The highest BCUT2D eigenvalue weighted by Gasteiger charge is 2.17. The average Bonchev–Trinajstić information content (AvgIpc) is 3.13. The molecule has 4 nitrogen and oxygen atoms in total.